The minimum absolute atomic E-state index is 0.360. The Kier molecular flexibility index (Phi) is 4.21. The van der Waals surface area contributed by atoms with Crippen LogP contribution in [0.1, 0.15) is 10.4 Å². The molecule has 0 aromatic heterocycles. The second kappa shape index (κ2) is 5.71. The summed E-state index contributed by atoms with van der Waals surface area (Å²) >= 11 is 6.52. The lowest BCUT2D eigenvalue weighted by atomic mass is 10.2. The van der Waals surface area contributed by atoms with E-state index in [-0.39, 0.29) is 5.91 Å². The molecule has 0 aliphatic carbocycles. The van der Waals surface area contributed by atoms with Gasteiger partial charge in [0, 0.05) is 14.6 Å². The summed E-state index contributed by atoms with van der Waals surface area (Å²) in [4.78, 5) is 12.1. The highest BCUT2D eigenvalue weighted by molar-refractivity contribution is 9.11. The maximum absolute atomic E-state index is 13.1. The summed E-state index contributed by atoms with van der Waals surface area (Å²) < 4.78 is 14.4. The summed E-state index contributed by atoms with van der Waals surface area (Å²) in [5.41, 5.74) is 6.87. The molecule has 0 heterocycles. The van der Waals surface area contributed by atoms with Gasteiger partial charge in [-0.1, -0.05) is 0 Å². The third-order valence-electron chi connectivity index (χ3n) is 2.41. The van der Waals surface area contributed by atoms with Crippen LogP contribution >= 0.6 is 31.9 Å². The van der Waals surface area contributed by atoms with Gasteiger partial charge in [-0.3, -0.25) is 4.79 Å². The molecule has 0 atom stereocenters. The lowest BCUT2D eigenvalue weighted by Gasteiger charge is -2.09. The van der Waals surface area contributed by atoms with Crippen LogP contribution in [0, 0.1) is 5.82 Å². The van der Waals surface area contributed by atoms with Crippen molar-refractivity contribution in [1.29, 1.82) is 0 Å². The van der Waals surface area contributed by atoms with Crippen molar-refractivity contribution in [2.75, 3.05) is 11.1 Å². The SMILES string of the molecule is Nc1ccc(Br)c(C(=O)Nc2cc(F)ccc2Br)c1. The number of carbonyl (C=O) groups is 1. The van der Waals surface area contributed by atoms with Crippen LogP contribution in [0.2, 0.25) is 0 Å². The van der Waals surface area contributed by atoms with Crippen molar-refractivity contribution in [3.05, 3.63) is 56.7 Å². The van der Waals surface area contributed by atoms with Crippen LogP contribution in [0.3, 0.4) is 0 Å². The Balaban J connectivity index is 2.30. The monoisotopic (exact) mass is 386 g/mol. The van der Waals surface area contributed by atoms with E-state index in [1.54, 1.807) is 18.2 Å². The van der Waals surface area contributed by atoms with E-state index in [9.17, 15) is 9.18 Å². The van der Waals surface area contributed by atoms with Crippen molar-refractivity contribution < 1.29 is 9.18 Å². The van der Waals surface area contributed by atoms with E-state index in [1.165, 1.54) is 18.2 Å². The predicted molar refractivity (Wildman–Crippen MR) is 80.6 cm³/mol. The number of anilines is 2. The lowest BCUT2D eigenvalue weighted by molar-refractivity contribution is 0.102. The molecule has 6 heteroatoms. The fourth-order valence-corrected chi connectivity index (χ4v) is 2.27. The van der Waals surface area contributed by atoms with Crippen LogP contribution in [0.15, 0.2) is 45.3 Å². The number of amides is 1. The van der Waals surface area contributed by atoms with Gasteiger partial charge in [-0.15, -0.1) is 0 Å². The molecule has 0 saturated heterocycles. The predicted octanol–water partition coefficient (Wildman–Crippen LogP) is 4.19. The first-order chi connectivity index (χ1) is 8.97. The molecule has 0 unspecified atom stereocenters. The molecule has 0 radical (unpaired) electrons. The molecule has 2 rings (SSSR count). The number of nitrogens with one attached hydrogen (secondary N) is 1. The topological polar surface area (TPSA) is 55.1 Å². The second-order valence-corrected chi connectivity index (χ2v) is 5.53. The molecular weight excluding hydrogens is 379 g/mol. The number of nitrogen functional groups attached to an aromatic ring is 1. The van der Waals surface area contributed by atoms with Crippen molar-refractivity contribution >= 4 is 49.1 Å². The molecule has 0 aliphatic heterocycles. The van der Waals surface area contributed by atoms with Gasteiger partial charge >= 0.3 is 0 Å². The largest absolute Gasteiger partial charge is 0.399 e. The molecule has 19 heavy (non-hydrogen) atoms. The highest BCUT2D eigenvalue weighted by Crippen LogP contribution is 2.25. The molecule has 3 N–H and O–H groups in total. The highest BCUT2D eigenvalue weighted by Gasteiger charge is 2.12. The van der Waals surface area contributed by atoms with E-state index in [2.05, 4.69) is 37.2 Å². The van der Waals surface area contributed by atoms with E-state index in [0.717, 1.165) is 0 Å². The van der Waals surface area contributed by atoms with Gasteiger partial charge in [0.15, 0.2) is 0 Å². The van der Waals surface area contributed by atoms with E-state index in [0.29, 0.717) is 25.9 Å². The molecule has 0 spiro atoms. The molecule has 0 fully saturated rings. The van der Waals surface area contributed by atoms with Gasteiger partial charge in [0.1, 0.15) is 5.82 Å². The zero-order valence-electron chi connectivity index (χ0n) is 9.58. The number of hydrogen-bond acceptors (Lipinski definition) is 2. The first kappa shape index (κ1) is 14.0. The maximum atomic E-state index is 13.1. The number of nitrogens with two attached hydrogens (primary N) is 1. The van der Waals surface area contributed by atoms with Crippen LogP contribution in [-0.2, 0) is 0 Å². The van der Waals surface area contributed by atoms with Crippen molar-refractivity contribution in [2.24, 2.45) is 0 Å². The molecule has 2 aromatic carbocycles. The molecule has 1 amide bonds. The molecule has 3 nitrogen and oxygen atoms in total. The summed E-state index contributed by atoms with van der Waals surface area (Å²) in [7, 11) is 0. The van der Waals surface area contributed by atoms with Gasteiger partial charge in [-0.05, 0) is 68.3 Å². The standard InChI is InChI=1S/C13H9Br2FN2O/c14-10-4-2-8(17)6-9(10)13(19)18-12-5-7(16)1-3-11(12)15/h1-6H,17H2,(H,18,19). The Labute approximate surface area is 126 Å². The van der Waals surface area contributed by atoms with E-state index in [1.807, 2.05) is 0 Å². The summed E-state index contributed by atoms with van der Waals surface area (Å²) in [6.45, 7) is 0. The fourth-order valence-electron chi connectivity index (χ4n) is 1.50. The first-order valence-corrected chi connectivity index (χ1v) is 6.87. The van der Waals surface area contributed by atoms with Crippen LogP contribution in [0.4, 0.5) is 15.8 Å². The van der Waals surface area contributed by atoms with Crippen molar-refractivity contribution in [1.82, 2.24) is 0 Å². The average Bonchev–Trinajstić information content (AvgIpc) is 2.36. The maximum Gasteiger partial charge on any atom is 0.256 e. The zero-order chi connectivity index (χ0) is 14.0. The summed E-state index contributed by atoms with van der Waals surface area (Å²) in [6.07, 6.45) is 0. The summed E-state index contributed by atoms with van der Waals surface area (Å²) in [6, 6.07) is 8.98. The Morgan fingerprint density at radius 2 is 1.79 bits per heavy atom. The number of carbonyl (C=O) groups excluding carboxylic acids is 1. The van der Waals surface area contributed by atoms with Crippen LogP contribution < -0.4 is 11.1 Å². The van der Waals surface area contributed by atoms with Crippen molar-refractivity contribution in [3.63, 3.8) is 0 Å². The molecule has 0 bridgehead atoms. The smallest absolute Gasteiger partial charge is 0.256 e. The average molecular weight is 388 g/mol. The Bertz CT molecular complexity index is 647. The van der Waals surface area contributed by atoms with Gasteiger partial charge < -0.3 is 11.1 Å². The van der Waals surface area contributed by atoms with E-state index < -0.39 is 5.82 Å². The molecule has 0 saturated carbocycles. The number of halogens is 3. The van der Waals surface area contributed by atoms with Gasteiger partial charge in [-0.2, -0.15) is 0 Å². The molecular formula is C13H9Br2FN2O. The number of benzene rings is 2. The van der Waals surface area contributed by atoms with E-state index >= 15 is 0 Å². The van der Waals surface area contributed by atoms with Crippen LogP contribution in [0.25, 0.3) is 0 Å². The summed E-state index contributed by atoms with van der Waals surface area (Å²) in [5.74, 6) is -0.796. The quantitative estimate of drug-likeness (QED) is 0.759. The van der Waals surface area contributed by atoms with Gasteiger partial charge in [0.25, 0.3) is 5.91 Å². The third kappa shape index (κ3) is 3.33. The normalized spacial score (nSPS) is 10.3. The lowest BCUT2D eigenvalue weighted by Crippen LogP contribution is -2.13. The van der Waals surface area contributed by atoms with Gasteiger partial charge in [0.05, 0.1) is 11.3 Å². The fraction of sp³-hybridized carbons (Fsp3) is 0. The Morgan fingerprint density at radius 3 is 2.53 bits per heavy atom. The molecule has 0 aliphatic rings. The Morgan fingerprint density at radius 1 is 1.11 bits per heavy atom. The van der Waals surface area contributed by atoms with Crippen LogP contribution in [-0.4, -0.2) is 5.91 Å². The van der Waals surface area contributed by atoms with Gasteiger partial charge in [-0.25, -0.2) is 4.39 Å². The Hall–Kier alpha value is -1.40. The number of hydrogen-bond donors (Lipinski definition) is 2. The molecule has 98 valence electrons. The van der Waals surface area contributed by atoms with Crippen molar-refractivity contribution in [2.45, 2.75) is 0 Å². The second-order valence-electron chi connectivity index (χ2n) is 3.82. The van der Waals surface area contributed by atoms with Crippen molar-refractivity contribution in [3.8, 4) is 0 Å². The number of rotatable bonds is 2. The highest BCUT2D eigenvalue weighted by atomic mass is 79.9. The van der Waals surface area contributed by atoms with E-state index in [4.69, 9.17) is 5.73 Å². The molecule has 2 aromatic rings. The minimum Gasteiger partial charge on any atom is -0.399 e. The minimum atomic E-state index is -0.426. The first-order valence-electron chi connectivity index (χ1n) is 5.29. The third-order valence-corrected chi connectivity index (χ3v) is 3.79. The zero-order valence-corrected chi connectivity index (χ0v) is 12.8. The summed E-state index contributed by atoms with van der Waals surface area (Å²) in [5, 5.41) is 2.62. The van der Waals surface area contributed by atoms with Gasteiger partial charge in [0.2, 0.25) is 0 Å². The van der Waals surface area contributed by atoms with Crippen LogP contribution in [0.5, 0.6) is 0 Å².